The lowest BCUT2D eigenvalue weighted by molar-refractivity contribution is 0.161. The van der Waals surface area contributed by atoms with Gasteiger partial charge in [-0.25, -0.2) is 19.6 Å². The van der Waals surface area contributed by atoms with Gasteiger partial charge in [0, 0.05) is 23.7 Å². The molecule has 72 heavy (non-hydrogen) atoms. The molecule has 1 saturated carbocycles. The van der Waals surface area contributed by atoms with E-state index in [1.807, 2.05) is 21.3 Å². The van der Waals surface area contributed by atoms with Crippen LogP contribution in [-0.2, 0) is 44.6 Å². The number of nitrogens with zero attached hydrogens (tertiary/aromatic N) is 8. The van der Waals surface area contributed by atoms with Crippen molar-refractivity contribution in [2.45, 2.75) is 206 Å². The Morgan fingerprint density at radius 2 is 0.708 bits per heavy atom. The Morgan fingerprint density at radius 1 is 0.431 bits per heavy atom. The second-order valence-corrected chi connectivity index (χ2v) is 45.5. The summed E-state index contributed by atoms with van der Waals surface area (Å²) >= 11 is 0. The van der Waals surface area contributed by atoms with Crippen LogP contribution in [0.3, 0.4) is 0 Å². The van der Waals surface area contributed by atoms with Gasteiger partial charge in [0.05, 0.1) is 24.0 Å². The Morgan fingerprint density at radius 3 is 0.986 bits per heavy atom. The van der Waals surface area contributed by atoms with Gasteiger partial charge in [-0.05, 0) is 83.7 Å². The third-order valence-corrected chi connectivity index (χ3v) is 35.4. The van der Waals surface area contributed by atoms with Gasteiger partial charge in [-0.15, -0.1) is 0 Å². The molecular weight excluding hydrogens is 969 g/mol. The normalized spacial score (nSPS) is 18.8. The van der Waals surface area contributed by atoms with Gasteiger partial charge in [0.1, 0.15) is 38.0 Å². The van der Waals surface area contributed by atoms with E-state index in [1.54, 1.807) is 21.8 Å². The summed E-state index contributed by atoms with van der Waals surface area (Å²) in [5.41, 5.74) is 4.88. The highest BCUT2D eigenvalue weighted by Gasteiger charge is 2.57. The van der Waals surface area contributed by atoms with Crippen molar-refractivity contribution in [3.63, 3.8) is 0 Å². The zero-order chi connectivity index (χ0) is 53.4. The number of hydrogen-bond donors (Lipinski definition) is 0. The standard InChI is InChI=1S/C54H84N8O6Si4/c1-51(2,3)69(13,14)65-33-59-31-55-43-45(61(49(63)57-47(43)59)35-67-71(17,18)53(7,8)9)41-39(37-27-23-21-24-28-37)42(40(41)38-29-25-22-26-30-38)46-44-48(60(32-56-44)34-66-70(15,16)52(4,5)6)58-50(64)62(46)36-68-72(19,20)54(10,11)12/h21-32,39-42H,33-36H2,1-20H3. The van der Waals surface area contributed by atoms with E-state index < -0.39 is 44.6 Å². The van der Waals surface area contributed by atoms with Gasteiger partial charge in [0.2, 0.25) is 0 Å². The maximum atomic E-state index is 15.1. The van der Waals surface area contributed by atoms with E-state index in [4.69, 9.17) is 37.6 Å². The van der Waals surface area contributed by atoms with Crippen LogP contribution in [0.5, 0.6) is 0 Å². The van der Waals surface area contributed by atoms with E-state index in [9.17, 15) is 0 Å². The van der Waals surface area contributed by atoms with Gasteiger partial charge >= 0.3 is 11.4 Å². The predicted octanol–water partition coefficient (Wildman–Crippen LogP) is 12.9. The van der Waals surface area contributed by atoms with Crippen LogP contribution < -0.4 is 11.4 Å². The zero-order valence-corrected chi connectivity index (χ0v) is 51.1. The molecule has 2 aromatic carbocycles. The van der Waals surface area contributed by atoms with Crippen molar-refractivity contribution in [2.75, 3.05) is 0 Å². The average molecular weight is 1050 g/mol. The molecule has 0 atom stereocenters. The Kier molecular flexibility index (Phi) is 15.1. The molecule has 1 aliphatic rings. The molecule has 6 aromatic rings. The molecule has 1 fully saturated rings. The van der Waals surface area contributed by atoms with Gasteiger partial charge in [-0.2, -0.15) is 9.97 Å². The van der Waals surface area contributed by atoms with Gasteiger partial charge < -0.3 is 17.7 Å². The second kappa shape index (κ2) is 19.5. The first kappa shape index (κ1) is 55.6. The van der Waals surface area contributed by atoms with Crippen LogP contribution in [0.2, 0.25) is 72.5 Å². The molecule has 7 rings (SSSR count). The van der Waals surface area contributed by atoms with E-state index in [0.29, 0.717) is 22.3 Å². The Hall–Kier alpha value is -4.15. The minimum Gasteiger partial charge on any atom is -0.399 e. The van der Waals surface area contributed by atoms with Gasteiger partial charge in [0.15, 0.2) is 44.6 Å². The van der Waals surface area contributed by atoms with Crippen LogP contribution in [0.15, 0.2) is 82.9 Å². The van der Waals surface area contributed by atoms with Crippen molar-refractivity contribution >= 4 is 55.6 Å². The lowest BCUT2D eigenvalue weighted by Gasteiger charge is -2.54. The summed E-state index contributed by atoms with van der Waals surface area (Å²) in [6.45, 7) is 44.6. The number of hydrogen-bond acceptors (Lipinski definition) is 10. The topological polar surface area (TPSA) is 142 Å². The summed E-state index contributed by atoms with van der Waals surface area (Å²) in [6, 6.07) is 20.9. The molecule has 18 heteroatoms. The second-order valence-electron chi connectivity index (χ2n) is 26.2. The SMILES string of the molecule is CC(C)(C)[Si](C)(C)OCn1c(C2C(c3ccccc3)C(c3c4ncn(CO[Si](C)(C)C(C)(C)C)c4nc(=O)n3CO[Si](C)(C)C(C)(C)C)C2c2ccccc2)c2ncn(CO[Si](C)(C)C(C)(C)C)c2nc1=O. The van der Waals surface area contributed by atoms with Gasteiger partial charge in [-0.3, -0.25) is 18.3 Å². The number of benzene rings is 2. The molecule has 0 bridgehead atoms. The number of fused-ring (bicyclic) bond motifs is 2. The smallest absolute Gasteiger partial charge is 0.351 e. The molecule has 0 aliphatic heterocycles. The van der Waals surface area contributed by atoms with Crippen molar-refractivity contribution in [1.29, 1.82) is 0 Å². The van der Waals surface area contributed by atoms with Crippen LogP contribution in [0.4, 0.5) is 0 Å². The van der Waals surface area contributed by atoms with Crippen LogP contribution in [0.25, 0.3) is 22.3 Å². The molecule has 0 amide bonds. The molecule has 0 spiro atoms. The first-order valence-electron chi connectivity index (χ1n) is 25.7. The van der Waals surface area contributed by atoms with Gasteiger partial charge in [-0.1, -0.05) is 144 Å². The summed E-state index contributed by atoms with van der Waals surface area (Å²) < 4.78 is 34.7. The van der Waals surface area contributed by atoms with E-state index >= 15 is 9.59 Å². The van der Waals surface area contributed by atoms with E-state index in [-0.39, 0.29) is 70.7 Å². The summed E-state index contributed by atoms with van der Waals surface area (Å²) in [4.78, 5) is 50.1. The maximum Gasteiger partial charge on any atom is 0.351 e. The Balaban J connectivity index is 1.54. The van der Waals surface area contributed by atoms with Gasteiger partial charge in [0.25, 0.3) is 0 Å². The highest BCUT2D eigenvalue weighted by molar-refractivity contribution is 6.75. The summed E-state index contributed by atoms with van der Waals surface area (Å²) in [5.74, 6) is -1.37. The average Bonchev–Trinajstić information content (AvgIpc) is 3.86. The summed E-state index contributed by atoms with van der Waals surface area (Å²) in [7, 11) is -9.28. The zero-order valence-electron chi connectivity index (χ0n) is 47.1. The van der Waals surface area contributed by atoms with E-state index in [1.165, 1.54) is 0 Å². The van der Waals surface area contributed by atoms with Crippen molar-refractivity contribution in [1.82, 2.24) is 38.2 Å². The maximum absolute atomic E-state index is 15.1. The highest BCUT2D eigenvalue weighted by atomic mass is 28.4. The van der Waals surface area contributed by atoms with Crippen molar-refractivity contribution in [2.24, 2.45) is 0 Å². The molecule has 4 aromatic heterocycles. The molecule has 0 saturated heterocycles. The van der Waals surface area contributed by atoms with Crippen molar-refractivity contribution in [3.05, 3.63) is 117 Å². The van der Waals surface area contributed by atoms with Crippen LogP contribution in [0.1, 0.15) is 129 Å². The third kappa shape index (κ3) is 10.6. The quantitative estimate of drug-likeness (QED) is 0.0860. The molecule has 4 heterocycles. The lowest BCUT2D eigenvalue weighted by Crippen LogP contribution is -2.48. The molecule has 14 nitrogen and oxygen atoms in total. The fraction of sp³-hybridized carbons (Fsp3) is 0.593. The number of aromatic nitrogens is 8. The van der Waals surface area contributed by atoms with E-state index in [2.05, 4.69) is 184 Å². The van der Waals surface area contributed by atoms with Crippen molar-refractivity contribution in [3.8, 4) is 0 Å². The number of rotatable bonds is 16. The molecule has 0 N–H and O–H groups in total. The van der Waals surface area contributed by atoms with Crippen molar-refractivity contribution < 1.29 is 17.7 Å². The molecule has 0 radical (unpaired) electrons. The number of imidazole rings is 2. The molecule has 392 valence electrons. The largest absolute Gasteiger partial charge is 0.399 e. The summed E-state index contributed by atoms with van der Waals surface area (Å²) in [5, 5.41) is -0.324. The molecule has 0 unspecified atom stereocenters. The Bertz CT molecular complexity index is 2800. The lowest BCUT2D eigenvalue weighted by atomic mass is 9.50. The Labute approximate surface area is 432 Å². The van der Waals surface area contributed by atoms with Crippen LogP contribution >= 0.6 is 0 Å². The molecule has 1 aliphatic carbocycles. The van der Waals surface area contributed by atoms with E-state index in [0.717, 1.165) is 22.5 Å². The first-order valence-corrected chi connectivity index (χ1v) is 37.3. The minimum atomic E-state index is -2.41. The molecular formula is C54H84N8O6Si4. The fourth-order valence-corrected chi connectivity index (χ4v) is 12.2. The monoisotopic (exact) mass is 1050 g/mol. The first-order chi connectivity index (χ1) is 33.1. The predicted molar refractivity (Wildman–Crippen MR) is 301 cm³/mol. The summed E-state index contributed by atoms with van der Waals surface area (Å²) in [6.07, 6.45) is 3.53. The third-order valence-electron chi connectivity index (χ3n) is 17.6. The highest BCUT2D eigenvalue weighted by Crippen LogP contribution is 2.67. The van der Waals surface area contributed by atoms with Crippen LogP contribution in [-0.4, -0.2) is 71.5 Å². The van der Waals surface area contributed by atoms with Crippen LogP contribution in [0, 0.1) is 0 Å². The fourth-order valence-electron chi connectivity index (χ4n) is 8.61. The minimum absolute atomic E-state index is 0.00825.